The summed E-state index contributed by atoms with van der Waals surface area (Å²) in [5.41, 5.74) is 1.06. The van der Waals surface area contributed by atoms with Crippen LogP contribution in [-0.2, 0) is 6.42 Å². The maximum absolute atomic E-state index is 12.0. The SMILES string of the molecule is CN=C(NCCCCC(F)(F)F)NCCc1nc(C)c(C)s1. The van der Waals surface area contributed by atoms with E-state index in [9.17, 15) is 13.2 Å². The fourth-order valence-corrected chi connectivity index (χ4v) is 2.75. The maximum Gasteiger partial charge on any atom is 0.389 e. The lowest BCUT2D eigenvalue weighted by Gasteiger charge is -2.11. The maximum atomic E-state index is 12.0. The van der Waals surface area contributed by atoms with Crippen LogP contribution in [0.1, 0.15) is 34.8 Å². The molecular formula is C14H23F3N4S. The van der Waals surface area contributed by atoms with Crippen LogP contribution in [-0.4, -0.2) is 37.3 Å². The molecule has 8 heteroatoms. The van der Waals surface area contributed by atoms with Crippen molar-refractivity contribution in [2.24, 2.45) is 4.99 Å². The molecule has 22 heavy (non-hydrogen) atoms. The van der Waals surface area contributed by atoms with E-state index in [2.05, 4.69) is 20.6 Å². The number of nitrogens with zero attached hydrogens (tertiary/aromatic N) is 2. The number of aryl methyl sites for hydroxylation is 2. The predicted octanol–water partition coefficient (Wildman–Crippen LogP) is 3.20. The van der Waals surface area contributed by atoms with E-state index in [1.54, 1.807) is 18.4 Å². The number of unbranched alkanes of at least 4 members (excludes halogenated alkanes) is 1. The molecule has 0 saturated carbocycles. The highest BCUT2D eigenvalue weighted by atomic mass is 32.1. The van der Waals surface area contributed by atoms with E-state index in [-0.39, 0.29) is 6.42 Å². The van der Waals surface area contributed by atoms with Gasteiger partial charge in [-0.15, -0.1) is 11.3 Å². The number of guanidine groups is 1. The first-order valence-electron chi connectivity index (χ1n) is 7.26. The number of hydrogen-bond donors (Lipinski definition) is 2. The molecule has 0 saturated heterocycles. The van der Waals surface area contributed by atoms with E-state index in [4.69, 9.17) is 0 Å². The van der Waals surface area contributed by atoms with Gasteiger partial charge >= 0.3 is 6.18 Å². The zero-order valence-electron chi connectivity index (χ0n) is 13.2. The third-order valence-electron chi connectivity index (χ3n) is 3.11. The van der Waals surface area contributed by atoms with E-state index in [0.717, 1.165) is 17.1 Å². The minimum atomic E-state index is -4.07. The molecular weight excluding hydrogens is 313 g/mol. The Labute approximate surface area is 133 Å². The molecule has 0 atom stereocenters. The predicted molar refractivity (Wildman–Crippen MR) is 84.6 cm³/mol. The standard InChI is InChI=1S/C14H23F3N4S/c1-10-11(2)22-12(21-10)6-9-20-13(18-3)19-8-5-4-7-14(15,16)17/h4-9H2,1-3H3,(H2,18,19,20). The molecule has 0 radical (unpaired) electrons. The van der Waals surface area contributed by atoms with Crippen molar-refractivity contribution >= 4 is 17.3 Å². The van der Waals surface area contributed by atoms with Gasteiger partial charge in [0.2, 0.25) is 0 Å². The Kier molecular flexibility index (Phi) is 7.64. The Morgan fingerprint density at radius 1 is 1.18 bits per heavy atom. The lowest BCUT2D eigenvalue weighted by molar-refractivity contribution is -0.135. The second-order valence-electron chi connectivity index (χ2n) is 5.00. The summed E-state index contributed by atoms with van der Waals surface area (Å²) >= 11 is 1.68. The number of aromatic nitrogens is 1. The minimum Gasteiger partial charge on any atom is -0.356 e. The van der Waals surface area contributed by atoms with Crippen LogP contribution in [0.15, 0.2) is 4.99 Å². The first-order valence-corrected chi connectivity index (χ1v) is 8.07. The number of aliphatic imine (C=N–C) groups is 1. The molecule has 0 unspecified atom stereocenters. The minimum absolute atomic E-state index is 0.130. The molecule has 0 bridgehead atoms. The van der Waals surface area contributed by atoms with Crippen molar-refractivity contribution in [2.75, 3.05) is 20.1 Å². The van der Waals surface area contributed by atoms with Crippen LogP contribution in [0.3, 0.4) is 0 Å². The van der Waals surface area contributed by atoms with Crippen LogP contribution in [0.5, 0.6) is 0 Å². The smallest absolute Gasteiger partial charge is 0.356 e. The summed E-state index contributed by atoms with van der Waals surface area (Å²) in [4.78, 5) is 9.72. The fraction of sp³-hybridized carbons (Fsp3) is 0.714. The van der Waals surface area contributed by atoms with Gasteiger partial charge in [-0.1, -0.05) is 0 Å². The molecule has 0 amide bonds. The molecule has 0 spiro atoms. The van der Waals surface area contributed by atoms with Crippen LogP contribution in [0.25, 0.3) is 0 Å². The van der Waals surface area contributed by atoms with E-state index in [0.29, 0.717) is 25.5 Å². The summed E-state index contributed by atoms with van der Waals surface area (Å²) in [5.74, 6) is 0.608. The van der Waals surface area contributed by atoms with Crippen molar-refractivity contribution in [3.8, 4) is 0 Å². The summed E-state index contributed by atoms with van der Waals surface area (Å²) < 4.78 is 36.0. The van der Waals surface area contributed by atoms with Gasteiger partial charge in [0, 0.05) is 37.9 Å². The average molecular weight is 336 g/mol. The number of hydrogen-bond acceptors (Lipinski definition) is 3. The van der Waals surface area contributed by atoms with Crippen LogP contribution in [0.4, 0.5) is 13.2 Å². The molecule has 1 aromatic rings. The van der Waals surface area contributed by atoms with Crippen LogP contribution in [0.2, 0.25) is 0 Å². The highest BCUT2D eigenvalue weighted by Crippen LogP contribution is 2.21. The van der Waals surface area contributed by atoms with Gasteiger partial charge < -0.3 is 10.6 Å². The summed E-state index contributed by atoms with van der Waals surface area (Å²) in [6.07, 6.45) is -3.41. The van der Waals surface area contributed by atoms with Crippen LogP contribution >= 0.6 is 11.3 Å². The Hall–Kier alpha value is -1.31. The molecule has 0 aliphatic carbocycles. The second-order valence-corrected chi connectivity index (χ2v) is 6.28. The first kappa shape index (κ1) is 18.7. The van der Waals surface area contributed by atoms with Crippen molar-refractivity contribution in [3.63, 3.8) is 0 Å². The lowest BCUT2D eigenvalue weighted by Crippen LogP contribution is -2.38. The van der Waals surface area contributed by atoms with Gasteiger partial charge in [-0.2, -0.15) is 13.2 Å². The van der Waals surface area contributed by atoms with Crippen LogP contribution < -0.4 is 10.6 Å². The molecule has 4 nitrogen and oxygen atoms in total. The highest BCUT2D eigenvalue weighted by Gasteiger charge is 2.25. The van der Waals surface area contributed by atoms with Gasteiger partial charge in [-0.05, 0) is 26.7 Å². The van der Waals surface area contributed by atoms with E-state index >= 15 is 0 Å². The van der Waals surface area contributed by atoms with Crippen LogP contribution in [0, 0.1) is 13.8 Å². The van der Waals surface area contributed by atoms with Crippen molar-refractivity contribution < 1.29 is 13.2 Å². The third-order valence-corrected chi connectivity index (χ3v) is 4.24. The molecule has 1 aromatic heterocycles. The summed E-state index contributed by atoms with van der Waals surface area (Å²) in [6.45, 7) is 5.20. The number of alkyl halides is 3. The van der Waals surface area contributed by atoms with E-state index in [1.165, 1.54) is 4.88 Å². The molecule has 2 N–H and O–H groups in total. The summed E-state index contributed by atoms with van der Waals surface area (Å²) in [5, 5.41) is 7.22. The monoisotopic (exact) mass is 336 g/mol. The summed E-state index contributed by atoms with van der Waals surface area (Å²) in [6, 6.07) is 0. The van der Waals surface area contributed by atoms with Crippen molar-refractivity contribution in [3.05, 3.63) is 15.6 Å². The average Bonchev–Trinajstić information content (AvgIpc) is 2.74. The topological polar surface area (TPSA) is 49.3 Å². The molecule has 1 heterocycles. The Balaban J connectivity index is 2.17. The lowest BCUT2D eigenvalue weighted by atomic mass is 10.2. The first-order chi connectivity index (χ1) is 10.3. The van der Waals surface area contributed by atoms with Gasteiger partial charge in [-0.3, -0.25) is 4.99 Å². The molecule has 0 aromatic carbocycles. The van der Waals surface area contributed by atoms with Gasteiger partial charge in [0.25, 0.3) is 0 Å². The van der Waals surface area contributed by atoms with Crippen molar-refractivity contribution in [1.29, 1.82) is 0 Å². The molecule has 1 rings (SSSR count). The van der Waals surface area contributed by atoms with E-state index in [1.807, 2.05) is 13.8 Å². The zero-order valence-corrected chi connectivity index (χ0v) is 14.0. The Morgan fingerprint density at radius 3 is 2.41 bits per heavy atom. The molecule has 0 aliphatic heterocycles. The Bertz CT molecular complexity index is 463. The number of rotatable bonds is 7. The van der Waals surface area contributed by atoms with Gasteiger partial charge in [0.15, 0.2) is 5.96 Å². The van der Waals surface area contributed by atoms with Gasteiger partial charge in [0.1, 0.15) is 0 Å². The second kappa shape index (κ2) is 8.97. The molecule has 0 aliphatic rings. The Morgan fingerprint density at radius 2 is 1.86 bits per heavy atom. The fourth-order valence-electron chi connectivity index (χ4n) is 1.81. The van der Waals surface area contributed by atoms with E-state index < -0.39 is 12.6 Å². The number of nitrogens with one attached hydrogen (secondary N) is 2. The number of halogens is 3. The zero-order chi connectivity index (χ0) is 16.6. The molecule has 126 valence electrons. The molecule has 0 fully saturated rings. The van der Waals surface area contributed by atoms with Gasteiger partial charge in [-0.25, -0.2) is 4.98 Å². The highest BCUT2D eigenvalue weighted by molar-refractivity contribution is 7.11. The quantitative estimate of drug-likeness (QED) is 0.457. The van der Waals surface area contributed by atoms with Gasteiger partial charge in [0.05, 0.1) is 10.7 Å². The van der Waals surface area contributed by atoms with Crippen molar-refractivity contribution in [1.82, 2.24) is 15.6 Å². The van der Waals surface area contributed by atoms with Crippen molar-refractivity contribution in [2.45, 2.75) is 45.7 Å². The summed E-state index contributed by atoms with van der Waals surface area (Å²) in [7, 11) is 1.64. The number of thiazole rings is 1. The normalized spacial score (nSPS) is 12.5. The third kappa shape index (κ3) is 7.63. The largest absolute Gasteiger partial charge is 0.389 e.